The summed E-state index contributed by atoms with van der Waals surface area (Å²) in [6.45, 7) is 0. The molecule has 6 heteroatoms. The van der Waals surface area contributed by atoms with Gasteiger partial charge in [0.15, 0.2) is 0 Å². The summed E-state index contributed by atoms with van der Waals surface area (Å²) in [5.74, 6) is -0.522. The number of morpholine rings is 1. The van der Waals surface area contributed by atoms with Gasteiger partial charge in [-0.15, -0.1) is 0 Å². The predicted octanol–water partition coefficient (Wildman–Crippen LogP) is 5.38. The van der Waals surface area contributed by atoms with Gasteiger partial charge in [-0.3, -0.25) is 5.32 Å². The van der Waals surface area contributed by atoms with Crippen molar-refractivity contribution in [3.8, 4) is 0 Å². The first kappa shape index (κ1) is 19.2. The van der Waals surface area contributed by atoms with E-state index < -0.39 is 29.9 Å². The van der Waals surface area contributed by atoms with Crippen molar-refractivity contribution in [2.24, 2.45) is 0 Å². The number of hydrogen-bond donors (Lipinski definition) is 1. The predicted molar refractivity (Wildman–Crippen MR) is 102 cm³/mol. The number of halogens is 3. The van der Waals surface area contributed by atoms with Gasteiger partial charge in [0.25, 0.3) is 0 Å². The van der Waals surface area contributed by atoms with Crippen molar-refractivity contribution in [2.45, 2.75) is 24.4 Å². The summed E-state index contributed by atoms with van der Waals surface area (Å²) in [5, 5.41) is 3.29. The van der Waals surface area contributed by atoms with E-state index in [2.05, 4.69) is 5.32 Å². The van der Waals surface area contributed by atoms with Crippen LogP contribution in [0.25, 0.3) is 0 Å². The molecule has 1 aliphatic rings. The minimum absolute atomic E-state index is 0.344. The maximum atomic E-state index is 12.9. The van der Waals surface area contributed by atoms with Gasteiger partial charge < -0.3 is 4.74 Å². The summed E-state index contributed by atoms with van der Waals surface area (Å²) in [6.07, 6.45) is -4.97. The lowest BCUT2D eigenvalue weighted by Crippen LogP contribution is -2.43. The van der Waals surface area contributed by atoms with Crippen molar-refractivity contribution in [3.63, 3.8) is 0 Å². The van der Waals surface area contributed by atoms with Gasteiger partial charge in [-0.05, 0) is 28.8 Å². The molecule has 0 spiro atoms. The Labute approximate surface area is 166 Å². The number of carbonyl (C=O) groups excluding carboxylic acids is 1. The molecule has 0 unspecified atom stereocenters. The first-order valence-corrected chi connectivity index (χ1v) is 9.17. The molecule has 1 heterocycles. The van der Waals surface area contributed by atoms with E-state index in [1.165, 1.54) is 12.1 Å². The van der Waals surface area contributed by atoms with E-state index in [1.54, 1.807) is 0 Å². The Morgan fingerprint density at radius 1 is 0.724 bits per heavy atom. The Kier molecular flexibility index (Phi) is 5.11. The maximum absolute atomic E-state index is 12.9. The molecule has 0 aromatic heterocycles. The highest BCUT2D eigenvalue weighted by Crippen LogP contribution is 2.39. The highest BCUT2D eigenvalue weighted by atomic mass is 19.4. The first-order chi connectivity index (χ1) is 13.9. The SMILES string of the molecule is O=C1O[C@H](c2ccccc2)[C@H](c2ccccc2)N[C@@H]1c1ccc(C(F)(F)F)cc1. The highest BCUT2D eigenvalue weighted by molar-refractivity contribution is 5.79. The van der Waals surface area contributed by atoms with E-state index in [9.17, 15) is 18.0 Å². The van der Waals surface area contributed by atoms with Crippen LogP contribution in [0.5, 0.6) is 0 Å². The zero-order valence-corrected chi connectivity index (χ0v) is 15.3. The maximum Gasteiger partial charge on any atom is 0.416 e. The van der Waals surface area contributed by atoms with Crippen LogP contribution in [0.15, 0.2) is 84.9 Å². The minimum Gasteiger partial charge on any atom is -0.454 e. The topological polar surface area (TPSA) is 38.3 Å². The molecule has 3 aromatic rings. The molecule has 1 saturated heterocycles. The summed E-state index contributed by atoms with van der Waals surface area (Å²) in [6, 6.07) is 22.3. The molecule has 29 heavy (non-hydrogen) atoms. The van der Waals surface area contributed by atoms with Crippen LogP contribution in [0.1, 0.15) is 40.4 Å². The second-order valence-corrected chi connectivity index (χ2v) is 6.88. The van der Waals surface area contributed by atoms with Gasteiger partial charge in [0, 0.05) is 0 Å². The fourth-order valence-corrected chi connectivity index (χ4v) is 3.53. The van der Waals surface area contributed by atoms with E-state index in [-0.39, 0.29) is 6.04 Å². The van der Waals surface area contributed by atoms with E-state index in [0.717, 1.165) is 23.3 Å². The van der Waals surface area contributed by atoms with Gasteiger partial charge in [-0.1, -0.05) is 72.8 Å². The third-order valence-corrected chi connectivity index (χ3v) is 4.99. The molecular weight excluding hydrogens is 379 g/mol. The summed E-state index contributed by atoms with van der Waals surface area (Å²) in [4.78, 5) is 12.7. The molecule has 3 aromatic carbocycles. The van der Waals surface area contributed by atoms with Crippen LogP contribution in [-0.4, -0.2) is 5.97 Å². The number of alkyl halides is 3. The number of ether oxygens (including phenoxy) is 1. The fourth-order valence-electron chi connectivity index (χ4n) is 3.53. The van der Waals surface area contributed by atoms with Gasteiger partial charge >= 0.3 is 12.1 Å². The average molecular weight is 397 g/mol. The molecule has 0 bridgehead atoms. The number of cyclic esters (lactones) is 1. The quantitative estimate of drug-likeness (QED) is 0.604. The van der Waals surface area contributed by atoms with Crippen molar-refractivity contribution in [2.75, 3.05) is 0 Å². The molecule has 3 atom stereocenters. The van der Waals surface area contributed by atoms with Crippen molar-refractivity contribution >= 4 is 5.97 Å². The smallest absolute Gasteiger partial charge is 0.416 e. The number of nitrogens with one attached hydrogen (secondary N) is 1. The number of carbonyl (C=O) groups is 1. The van der Waals surface area contributed by atoms with E-state index in [4.69, 9.17) is 4.74 Å². The molecule has 4 rings (SSSR count). The second kappa shape index (κ2) is 7.72. The first-order valence-electron chi connectivity index (χ1n) is 9.17. The molecule has 0 aliphatic carbocycles. The highest BCUT2D eigenvalue weighted by Gasteiger charge is 2.40. The normalized spacial score (nSPS) is 22.2. The summed E-state index contributed by atoms with van der Waals surface area (Å²) >= 11 is 0. The number of esters is 1. The molecule has 1 N–H and O–H groups in total. The second-order valence-electron chi connectivity index (χ2n) is 6.88. The Morgan fingerprint density at radius 2 is 1.28 bits per heavy atom. The third kappa shape index (κ3) is 4.03. The van der Waals surface area contributed by atoms with Gasteiger partial charge in [0.05, 0.1) is 11.6 Å². The Balaban J connectivity index is 1.68. The molecule has 1 fully saturated rings. The molecule has 148 valence electrons. The Morgan fingerprint density at radius 3 is 1.83 bits per heavy atom. The molecule has 1 aliphatic heterocycles. The van der Waals surface area contributed by atoms with Crippen LogP contribution in [-0.2, 0) is 15.7 Å². The van der Waals surface area contributed by atoms with Gasteiger partial charge in [0.2, 0.25) is 0 Å². The lowest BCUT2D eigenvalue weighted by molar-refractivity contribution is -0.161. The molecule has 0 amide bonds. The lowest BCUT2D eigenvalue weighted by atomic mass is 9.91. The largest absolute Gasteiger partial charge is 0.454 e. The molecule has 0 radical (unpaired) electrons. The van der Waals surface area contributed by atoms with Gasteiger partial charge in [0.1, 0.15) is 12.1 Å². The standard InChI is InChI=1S/C23H18F3NO2/c24-23(25,26)18-13-11-16(12-14-18)20-22(28)29-21(17-9-5-2-6-10-17)19(27-20)15-7-3-1-4-8-15/h1-14,19-21,27H/t19-,20+,21+/m0/s1. The van der Waals surface area contributed by atoms with Crippen molar-refractivity contribution < 1.29 is 22.7 Å². The summed E-state index contributed by atoms with van der Waals surface area (Å²) in [5.41, 5.74) is 1.43. The summed E-state index contributed by atoms with van der Waals surface area (Å²) < 4.78 is 44.3. The van der Waals surface area contributed by atoms with Crippen molar-refractivity contribution in [3.05, 3.63) is 107 Å². The number of hydrogen-bond acceptors (Lipinski definition) is 3. The van der Waals surface area contributed by atoms with Crippen LogP contribution in [0.4, 0.5) is 13.2 Å². The van der Waals surface area contributed by atoms with Crippen LogP contribution in [0.2, 0.25) is 0 Å². The summed E-state index contributed by atoms with van der Waals surface area (Å²) in [7, 11) is 0. The average Bonchev–Trinajstić information content (AvgIpc) is 2.74. The van der Waals surface area contributed by atoms with E-state index >= 15 is 0 Å². The van der Waals surface area contributed by atoms with Crippen molar-refractivity contribution in [1.82, 2.24) is 5.32 Å². The van der Waals surface area contributed by atoms with Crippen LogP contribution in [0.3, 0.4) is 0 Å². The fraction of sp³-hybridized carbons (Fsp3) is 0.174. The van der Waals surface area contributed by atoms with Crippen molar-refractivity contribution in [1.29, 1.82) is 0 Å². The Hall–Kier alpha value is -3.12. The monoisotopic (exact) mass is 397 g/mol. The van der Waals surface area contributed by atoms with Crippen LogP contribution in [0, 0.1) is 0 Å². The third-order valence-electron chi connectivity index (χ3n) is 4.99. The minimum atomic E-state index is -4.43. The van der Waals surface area contributed by atoms with Gasteiger partial charge in [-0.25, -0.2) is 4.79 Å². The zero-order chi connectivity index (χ0) is 20.4. The van der Waals surface area contributed by atoms with Crippen LogP contribution >= 0.6 is 0 Å². The van der Waals surface area contributed by atoms with E-state index in [1.807, 2.05) is 60.7 Å². The zero-order valence-electron chi connectivity index (χ0n) is 15.3. The molecule has 0 saturated carbocycles. The molecular formula is C23H18F3NO2. The van der Waals surface area contributed by atoms with Gasteiger partial charge in [-0.2, -0.15) is 13.2 Å². The lowest BCUT2D eigenvalue weighted by Gasteiger charge is -2.37. The van der Waals surface area contributed by atoms with Crippen LogP contribution < -0.4 is 5.32 Å². The number of rotatable bonds is 3. The number of benzene rings is 3. The van der Waals surface area contributed by atoms with E-state index in [0.29, 0.717) is 5.56 Å². The Bertz CT molecular complexity index is 973. The molecule has 3 nitrogen and oxygen atoms in total.